The maximum atomic E-state index is 12.4. The first-order chi connectivity index (χ1) is 11.2. The Kier molecular flexibility index (Phi) is 5.17. The van der Waals surface area contributed by atoms with E-state index in [9.17, 15) is 9.59 Å². The molecule has 2 aromatic rings. The molecule has 0 spiro atoms. The van der Waals surface area contributed by atoms with Gasteiger partial charge >= 0.3 is 5.97 Å². The third kappa shape index (κ3) is 4.51. The summed E-state index contributed by atoms with van der Waals surface area (Å²) in [6.07, 6.45) is 1.50. The largest absolute Gasteiger partial charge is 0.460 e. The van der Waals surface area contributed by atoms with E-state index in [2.05, 4.69) is 4.98 Å². The Bertz CT molecular complexity index is 773. The second kappa shape index (κ2) is 6.95. The monoisotopic (exact) mass is 325 g/mol. The van der Waals surface area contributed by atoms with Gasteiger partial charge in [0.25, 0.3) is 0 Å². The van der Waals surface area contributed by atoms with Gasteiger partial charge in [0.15, 0.2) is 5.78 Å². The number of hydrogen-bond donors (Lipinski definition) is 0. The van der Waals surface area contributed by atoms with Gasteiger partial charge in [-0.3, -0.25) is 14.6 Å². The van der Waals surface area contributed by atoms with E-state index in [0.29, 0.717) is 5.56 Å². The molecule has 0 fully saturated rings. The summed E-state index contributed by atoms with van der Waals surface area (Å²) in [7, 11) is 0. The van der Waals surface area contributed by atoms with Crippen molar-refractivity contribution in [3.63, 3.8) is 0 Å². The van der Waals surface area contributed by atoms with Crippen LogP contribution in [0.15, 0.2) is 36.5 Å². The minimum absolute atomic E-state index is 0.241. The molecule has 0 aliphatic rings. The molecule has 1 aromatic carbocycles. The van der Waals surface area contributed by atoms with Crippen molar-refractivity contribution in [2.24, 2.45) is 0 Å². The highest BCUT2D eigenvalue weighted by Gasteiger charge is 2.20. The third-order valence-electron chi connectivity index (χ3n) is 3.68. The lowest BCUT2D eigenvalue weighted by Gasteiger charge is -2.19. The first-order valence-corrected chi connectivity index (χ1v) is 7.95. The van der Waals surface area contributed by atoms with E-state index in [1.807, 2.05) is 38.1 Å². The predicted molar refractivity (Wildman–Crippen MR) is 93.9 cm³/mol. The van der Waals surface area contributed by atoms with E-state index in [1.165, 1.54) is 0 Å². The van der Waals surface area contributed by atoms with Crippen molar-refractivity contribution < 1.29 is 14.3 Å². The SMILES string of the molecule is Cc1nccc(-c2cccc(C(=O)CC(=O)OC(C)(C)C)c2)c1C. The molecule has 1 heterocycles. The summed E-state index contributed by atoms with van der Waals surface area (Å²) < 4.78 is 5.21. The first kappa shape index (κ1) is 17.9. The number of Topliss-reactive ketones (excluding diaryl/α,β-unsaturated/α-hetero) is 1. The van der Waals surface area contributed by atoms with E-state index in [1.54, 1.807) is 33.0 Å². The Hall–Kier alpha value is -2.49. The van der Waals surface area contributed by atoms with Crippen molar-refractivity contribution in [2.45, 2.75) is 46.6 Å². The average Bonchev–Trinajstić information content (AvgIpc) is 2.48. The van der Waals surface area contributed by atoms with Crippen LogP contribution in [0, 0.1) is 13.8 Å². The number of aromatic nitrogens is 1. The van der Waals surface area contributed by atoms with Gasteiger partial charge in [0.1, 0.15) is 12.0 Å². The van der Waals surface area contributed by atoms with Gasteiger partial charge in [0.2, 0.25) is 0 Å². The number of hydrogen-bond acceptors (Lipinski definition) is 4. The molecule has 4 heteroatoms. The topological polar surface area (TPSA) is 56.3 Å². The number of benzene rings is 1. The molecule has 0 aliphatic carbocycles. The number of carbonyl (C=O) groups is 2. The van der Waals surface area contributed by atoms with Gasteiger partial charge < -0.3 is 4.74 Å². The number of carbonyl (C=O) groups excluding carboxylic acids is 2. The fraction of sp³-hybridized carbons (Fsp3) is 0.350. The van der Waals surface area contributed by atoms with Gasteiger partial charge in [-0.2, -0.15) is 0 Å². The zero-order chi connectivity index (χ0) is 17.9. The Labute approximate surface area is 142 Å². The van der Waals surface area contributed by atoms with Crippen LogP contribution in [0.25, 0.3) is 11.1 Å². The number of aryl methyl sites for hydroxylation is 1. The molecule has 0 aliphatic heterocycles. The van der Waals surface area contributed by atoms with E-state index in [4.69, 9.17) is 4.74 Å². The Morgan fingerprint density at radius 2 is 1.83 bits per heavy atom. The molecule has 0 saturated heterocycles. The van der Waals surface area contributed by atoms with Crippen molar-refractivity contribution in [1.29, 1.82) is 0 Å². The van der Waals surface area contributed by atoms with Gasteiger partial charge in [-0.25, -0.2) is 0 Å². The zero-order valence-corrected chi connectivity index (χ0v) is 14.8. The molecule has 0 saturated carbocycles. The summed E-state index contributed by atoms with van der Waals surface area (Å²) in [6, 6.07) is 9.24. The number of rotatable bonds is 4. The smallest absolute Gasteiger partial charge is 0.314 e. The molecule has 0 atom stereocenters. The van der Waals surface area contributed by atoms with E-state index >= 15 is 0 Å². The quantitative estimate of drug-likeness (QED) is 0.478. The standard InChI is InChI=1S/C20H23NO3/c1-13-14(2)21-10-9-17(13)15-7-6-8-16(11-15)18(22)12-19(23)24-20(3,4)5/h6-11H,12H2,1-5H3. The van der Waals surface area contributed by atoms with Crippen LogP contribution in [-0.4, -0.2) is 22.3 Å². The van der Waals surface area contributed by atoms with Crippen LogP contribution < -0.4 is 0 Å². The van der Waals surface area contributed by atoms with Crippen LogP contribution in [0.2, 0.25) is 0 Å². The lowest BCUT2D eigenvalue weighted by atomic mass is 9.97. The second-order valence-corrected chi connectivity index (χ2v) is 6.84. The molecule has 0 radical (unpaired) electrons. The molecule has 2 rings (SSSR count). The molecule has 0 amide bonds. The van der Waals surface area contributed by atoms with Gasteiger partial charge in [-0.1, -0.05) is 18.2 Å². The zero-order valence-electron chi connectivity index (χ0n) is 14.8. The number of nitrogens with zero attached hydrogens (tertiary/aromatic N) is 1. The van der Waals surface area contributed by atoms with Gasteiger partial charge in [-0.15, -0.1) is 0 Å². The first-order valence-electron chi connectivity index (χ1n) is 7.95. The number of pyridine rings is 1. The van der Waals surface area contributed by atoms with Crippen molar-refractivity contribution in [3.8, 4) is 11.1 Å². The predicted octanol–water partition coefficient (Wildman–Crippen LogP) is 4.28. The molecule has 24 heavy (non-hydrogen) atoms. The highest BCUT2D eigenvalue weighted by atomic mass is 16.6. The van der Waals surface area contributed by atoms with Gasteiger partial charge in [-0.05, 0) is 63.4 Å². The van der Waals surface area contributed by atoms with Crippen molar-refractivity contribution in [3.05, 3.63) is 53.3 Å². The second-order valence-electron chi connectivity index (χ2n) is 6.84. The maximum Gasteiger partial charge on any atom is 0.314 e. The lowest BCUT2D eigenvalue weighted by molar-refractivity contribution is -0.153. The molecule has 0 N–H and O–H groups in total. The van der Waals surface area contributed by atoms with Crippen LogP contribution >= 0.6 is 0 Å². The number of ether oxygens (including phenoxy) is 1. The average molecular weight is 325 g/mol. The Morgan fingerprint density at radius 3 is 2.50 bits per heavy atom. The number of ketones is 1. The normalized spacial score (nSPS) is 11.2. The minimum Gasteiger partial charge on any atom is -0.460 e. The maximum absolute atomic E-state index is 12.4. The lowest BCUT2D eigenvalue weighted by Crippen LogP contribution is -2.25. The summed E-state index contributed by atoms with van der Waals surface area (Å²) >= 11 is 0. The summed E-state index contributed by atoms with van der Waals surface area (Å²) in [5, 5.41) is 0. The van der Waals surface area contributed by atoms with Crippen molar-refractivity contribution in [1.82, 2.24) is 4.98 Å². The van der Waals surface area contributed by atoms with Crippen molar-refractivity contribution in [2.75, 3.05) is 0 Å². The Morgan fingerprint density at radius 1 is 1.12 bits per heavy atom. The summed E-state index contributed by atoms with van der Waals surface area (Å²) in [6.45, 7) is 9.31. The van der Waals surface area contributed by atoms with E-state index < -0.39 is 11.6 Å². The molecule has 4 nitrogen and oxygen atoms in total. The molecule has 0 bridgehead atoms. The van der Waals surface area contributed by atoms with Crippen LogP contribution in [0.4, 0.5) is 0 Å². The van der Waals surface area contributed by atoms with Gasteiger partial charge in [0.05, 0.1) is 0 Å². The van der Waals surface area contributed by atoms with E-state index in [-0.39, 0.29) is 12.2 Å². The van der Waals surface area contributed by atoms with Gasteiger partial charge in [0, 0.05) is 17.5 Å². The Balaban J connectivity index is 2.23. The minimum atomic E-state index is -0.592. The fourth-order valence-electron chi connectivity index (χ4n) is 2.42. The third-order valence-corrected chi connectivity index (χ3v) is 3.68. The highest BCUT2D eigenvalue weighted by molar-refractivity contribution is 6.06. The van der Waals surface area contributed by atoms with Crippen LogP contribution in [0.5, 0.6) is 0 Å². The molecule has 1 aromatic heterocycles. The highest BCUT2D eigenvalue weighted by Crippen LogP contribution is 2.25. The molecular formula is C20H23NO3. The molecular weight excluding hydrogens is 302 g/mol. The number of esters is 1. The summed E-state index contributed by atoms with van der Waals surface area (Å²) in [4.78, 5) is 28.5. The van der Waals surface area contributed by atoms with Crippen molar-refractivity contribution >= 4 is 11.8 Å². The molecule has 0 unspecified atom stereocenters. The van der Waals surface area contributed by atoms with Crippen LogP contribution in [0.3, 0.4) is 0 Å². The van der Waals surface area contributed by atoms with E-state index in [0.717, 1.165) is 22.4 Å². The summed E-state index contributed by atoms with van der Waals surface area (Å²) in [5.74, 6) is -0.747. The van der Waals surface area contributed by atoms with Crippen LogP contribution in [0.1, 0.15) is 48.8 Å². The van der Waals surface area contributed by atoms with Crippen LogP contribution in [-0.2, 0) is 9.53 Å². The molecule has 126 valence electrons. The summed E-state index contributed by atoms with van der Waals surface area (Å²) in [5.41, 5.74) is 3.92. The fourth-order valence-corrected chi connectivity index (χ4v) is 2.42.